The maximum atomic E-state index is 13.9. The summed E-state index contributed by atoms with van der Waals surface area (Å²) in [5.74, 6) is -2.27. The number of piperidine rings is 1. The fourth-order valence-corrected chi connectivity index (χ4v) is 6.25. The van der Waals surface area contributed by atoms with Gasteiger partial charge < -0.3 is 26.6 Å². The molecule has 10 nitrogen and oxygen atoms in total. The number of hydrogen-bond acceptors (Lipinski definition) is 5. The summed E-state index contributed by atoms with van der Waals surface area (Å²) in [6, 6.07) is -3.01. The Kier molecular flexibility index (Phi) is 6.86. The predicted octanol–water partition coefficient (Wildman–Crippen LogP) is 1.47. The molecular formula is C27H43N5O5. The van der Waals surface area contributed by atoms with E-state index in [0.717, 1.165) is 32.1 Å². The van der Waals surface area contributed by atoms with Crippen molar-refractivity contribution in [2.75, 3.05) is 6.54 Å². The molecule has 3 saturated carbocycles. The Hall–Kier alpha value is -2.65. The maximum absolute atomic E-state index is 13.9. The van der Waals surface area contributed by atoms with Gasteiger partial charge in [0.25, 0.3) is 5.91 Å². The standard InChI is InChI=1S/C27H43N5O5/c1-25(2,3)20(30-24(37)31-27(6)10-7-11-27)23(36)32-13-15-17(26(15,4)5)18(32)22(35)29-16(12-14-8-9-14)19(33)21(28)34/h14-18,20H,7-13H2,1-6H3,(H2,28,34)(H,29,35)(H2,30,31,37)/t15-,16?,17-,18-,20+/m0/s1. The number of amides is 5. The average molecular weight is 518 g/mol. The second-order valence-corrected chi connectivity index (χ2v) is 13.7. The van der Waals surface area contributed by atoms with Crippen molar-refractivity contribution in [2.45, 2.75) is 104 Å². The summed E-state index contributed by atoms with van der Waals surface area (Å²) in [5.41, 5.74) is 4.27. The zero-order valence-corrected chi connectivity index (χ0v) is 23.0. The number of rotatable bonds is 9. The molecule has 37 heavy (non-hydrogen) atoms. The molecule has 1 unspecified atom stereocenters. The van der Waals surface area contributed by atoms with Crippen molar-refractivity contribution in [1.82, 2.24) is 20.9 Å². The van der Waals surface area contributed by atoms with E-state index in [1.165, 1.54) is 0 Å². The van der Waals surface area contributed by atoms with Gasteiger partial charge in [0.15, 0.2) is 0 Å². The van der Waals surface area contributed by atoms with Crippen molar-refractivity contribution < 1.29 is 24.0 Å². The van der Waals surface area contributed by atoms with Gasteiger partial charge >= 0.3 is 6.03 Å². The van der Waals surface area contributed by atoms with Gasteiger partial charge in [0.1, 0.15) is 12.1 Å². The summed E-state index contributed by atoms with van der Waals surface area (Å²) in [7, 11) is 0. The summed E-state index contributed by atoms with van der Waals surface area (Å²) in [6.45, 7) is 12.2. The molecule has 3 aliphatic carbocycles. The summed E-state index contributed by atoms with van der Waals surface area (Å²) in [6.07, 6.45) is 5.12. The van der Waals surface area contributed by atoms with Crippen LogP contribution in [0.1, 0.15) is 80.1 Å². The highest BCUT2D eigenvalue weighted by Gasteiger charge is 2.70. The predicted molar refractivity (Wildman–Crippen MR) is 137 cm³/mol. The number of hydrogen-bond donors (Lipinski definition) is 4. The number of nitrogens with two attached hydrogens (primary N) is 1. The van der Waals surface area contributed by atoms with Crippen LogP contribution < -0.4 is 21.7 Å². The lowest BCUT2D eigenvalue weighted by atomic mass is 9.78. The number of urea groups is 1. The van der Waals surface area contributed by atoms with Crippen molar-refractivity contribution in [3.63, 3.8) is 0 Å². The molecular weight excluding hydrogens is 474 g/mol. The third kappa shape index (κ3) is 5.48. The van der Waals surface area contributed by atoms with Crippen LogP contribution in [0.2, 0.25) is 0 Å². The van der Waals surface area contributed by atoms with E-state index >= 15 is 0 Å². The van der Waals surface area contributed by atoms with Gasteiger partial charge in [-0.15, -0.1) is 0 Å². The fraction of sp³-hybridized carbons (Fsp3) is 0.815. The van der Waals surface area contributed by atoms with E-state index in [9.17, 15) is 24.0 Å². The maximum Gasteiger partial charge on any atom is 0.315 e. The van der Waals surface area contributed by atoms with Crippen molar-refractivity contribution in [3.05, 3.63) is 0 Å². The molecule has 4 aliphatic rings. The van der Waals surface area contributed by atoms with Gasteiger partial charge in [-0.2, -0.15) is 0 Å². The molecule has 0 aromatic carbocycles. The molecule has 1 saturated heterocycles. The average Bonchev–Trinajstić information content (AvgIpc) is 3.61. The third-order valence-electron chi connectivity index (χ3n) is 9.16. The topological polar surface area (TPSA) is 151 Å². The van der Waals surface area contributed by atoms with E-state index in [-0.39, 0.29) is 34.6 Å². The van der Waals surface area contributed by atoms with Crippen LogP contribution in [0.4, 0.5) is 4.79 Å². The summed E-state index contributed by atoms with van der Waals surface area (Å²) in [4.78, 5) is 66.1. The summed E-state index contributed by atoms with van der Waals surface area (Å²) < 4.78 is 0. The van der Waals surface area contributed by atoms with E-state index in [1.54, 1.807) is 4.90 Å². The lowest BCUT2D eigenvalue weighted by Gasteiger charge is -2.41. The minimum atomic E-state index is -1.07. The number of carbonyl (C=O) groups is 5. The molecule has 5 amide bonds. The molecule has 4 rings (SSSR count). The van der Waals surface area contributed by atoms with Crippen LogP contribution in [0.25, 0.3) is 0 Å². The highest BCUT2D eigenvalue weighted by atomic mass is 16.2. The highest BCUT2D eigenvalue weighted by Crippen LogP contribution is 2.65. The Morgan fingerprint density at radius 3 is 2.14 bits per heavy atom. The molecule has 1 heterocycles. The second-order valence-electron chi connectivity index (χ2n) is 13.7. The Labute approximate surface area is 219 Å². The van der Waals surface area contributed by atoms with E-state index in [1.807, 2.05) is 27.7 Å². The van der Waals surface area contributed by atoms with Crippen LogP contribution >= 0.6 is 0 Å². The number of fused-ring (bicyclic) bond motifs is 1. The van der Waals surface area contributed by atoms with Gasteiger partial charge in [0.05, 0.1) is 6.04 Å². The van der Waals surface area contributed by atoms with Crippen molar-refractivity contribution in [1.29, 1.82) is 0 Å². The van der Waals surface area contributed by atoms with E-state index in [2.05, 4.69) is 29.8 Å². The van der Waals surface area contributed by atoms with Crippen molar-refractivity contribution in [3.8, 4) is 0 Å². The lowest BCUT2D eigenvalue weighted by molar-refractivity contribution is -0.145. The monoisotopic (exact) mass is 517 g/mol. The van der Waals surface area contributed by atoms with Crippen LogP contribution in [0.5, 0.6) is 0 Å². The minimum absolute atomic E-state index is 0.0648. The molecule has 0 aromatic rings. The third-order valence-corrected chi connectivity index (χ3v) is 9.16. The molecule has 206 valence electrons. The Morgan fingerprint density at radius 1 is 1.03 bits per heavy atom. The Bertz CT molecular complexity index is 994. The van der Waals surface area contributed by atoms with Crippen molar-refractivity contribution in [2.24, 2.45) is 34.3 Å². The molecule has 10 heteroatoms. The van der Waals surface area contributed by atoms with Gasteiger partial charge in [-0.25, -0.2) is 4.79 Å². The number of nitrogens with one attached hydrogen (secondary N) is 3. The Balaban J connectivity index is 1.52. The van der Waals surface area contributed by atoms with Crippen LogP contribution in [0.3, 0.4) is 0 Å². The smallest absolute Gasteiger partial charge is 0.315 e. The SMILES string of the molecule is CC1(NC(=O)N[C@H](C(=O)N2C[C@H]3[C@@H]([C@H]2C(=O)NC(CC2CC2)C(=O)C(N)=O)C3(C)C)C(C)(C)C)CCC1. The first kappa shape index (κ1) is 27.4. The van der Waals surface area contributed by atoms with Gasteiger partial charge in [0, 0.05) is 12.1 Å². The first-order chi connectivity index (χ1) is 17.0. The zero-order valence-electron chi connectivity index (χ0n) is 23.0. The number of carbonyl (C=O) groups excluding carboxylic acids is 5. The Morgan fingerprint density at radius 2 is 1.65 bits per heavy atom. The van der Waals surface area contributed by atoms with Crippen LogP contribution in [0, 0.1) is 28.6 Å². The second kappa shape index (κ2) is 9.27. The fourth-order valence-electron chi connectivity index (χ4n) is 6.25. The number of nitrogens with zero attached hydrogens (tertiary/aromatic N) is 1. The molecule has 1 aliphatic heterocycles. The molecule has 0 spiro atoms. The molecule has 5 atom stereocenters. The molecule has 0 aromatic heterocycles. The molecule has 0 radical (unpaired) electrons. The lowest BCUT2D eigenvalue weighted by Crippen LogP contribution is -2.63. The number of ketones is 1. The largest absolute Gasteiger partial charge is 0.363 e. The van der Waals surface area contributed by atoms with Gasteiger partial charge in [-0.05, 0) is 61.2 Å². The molecule has 4 fully saturated rings. The quantitative estimate of drug-likeness (QED) is 0.342. The van der Waals surface area contributed by atoms with E-state index in [0.29, 0.717) is 13.0 Å². The normalized spacial score (nSPS) is 28.7. The van der Waals surface area contributed by atoms with Gasteiger partial charge in [-0.1, -0.05) is 47.5 Å². The number of likely N-dealkylation sites (tertiary alicyclic amines) is 1. The zero-order chi connectivity index (χ0) is 27.5. The van der Waals surface area contributed by atoms with E-state index in [4.69, 9.17) is 5.73 Å². The first-order valence-electron chi connectivity index (χ1n) is 13.6. The van der Waals surface area contributed by atoms with Crippen LogP contribution in [-0.4, -0.2) is 64.6 Å². The van der Waals surface area contributed by atoms with E-state index < -0.39 is 47.2 Å². The number of primary amides is 1. The van der Waals surface area contributed by atoms with Gasteiger partial charge in [0.2, 0.25) is 17.6 Å². The number of Topliss-reactive ketones (excluding diaryl/α,β-unsaturated/α-hetero) is 1. The van der Waals surface area contributed by atoms with Crippen LogP contribution in [0.15, 0.2) is 0 Å². The highest BCUT2D eigenvalue weighted by molar-refractivity contribution is 6.37. The molecule has 5 N–H and O–H groups in total. The van der Waals surface area contributed by atoms with Crippen LogP contribution in [-0.2, 0) is 19.2 Å². The van der Waals surface area contributed by atoms with Gasteiger partial charge in [-0.3, -0.25) is 19.2 Å². The first-order valence-corrected chi connectivity index (χ1v) is 13.6. The summed E-state index contributed by atoms with van der Waals surface area (Å²) in [5, 5.41) is 8.66. The summed E-state index contributed by atoms with van der Waals surface area (Å²) >= 11 is 0. The van der Waals surface area contributed by atoms with Crippen molar-refractivity contribution >= 4 is 29.5 Å². The minimum Gasteiger partial charge on any atom is -0.363 e. The molecule has 0 bridgehead atoms.